The molecule has 0 saturated heterocycles. The van der Waals surface area contributed by atoms with E-state index in [1.165, 1.54) is 54.2 Å². The molecule has 0 radical (unpaired) electrons. The van der Waals surface area contributed by atoms with Crippen molar-refractivity contribution in [2.75, 3.05) is 0 Å². The second-order valence-electron chi connectivity index (χ2n) is 9.81. The summed E-state index contributed by atoms with van der Waals surface area (Å²) in [6.45, 7) is 0. The molecule has 0 N–H and O–H groups in total. The summed E-state index contributed by atoms with van der Waals surface area (Å²) in [5.74, 6) is 0. The van der Waals surface area contributed by atoms with Gasteiger partial charge in [0.05, 0.1) is 0 Å². The second-order valence-corrected chi connectivity index (χ2v) is 10.8. The van der Waals surface area contributed by atoms with Crippen molar-refractivity contribution in [1.29, 1.82) is 0 Å². The van der Waals surface area contributed by atoms with Crippen molar-refractivity contribution in [3.8, 4) is 32.3 Å². The summed E-state index contributed by atoms with van der Waals surface area (Å²) in [6, 6.07) is 47.6. The van der Waals surface area contributed by atoms with Crippen molar-refractivity contribution in [3.63, 3.8) is 0 Å². The molecular formula is C36H22N2S. The molecule has 1 heterocycles. The third-order valence-corrected chi connectivity index (χ3v) is 8.62. The molecule has 8 aromatic rings. The highest BCUT2D eigenvalue weighted by atomic mass is 32.1. The molecular weight excluding hydrogens is 492 g/mol. The SMILES string of the molecule is c1ccc(-c2nnc(-c3c4ccccc4c(-c4cc5ccccc5c5ccccc45)c4ccccc34)s2)cc1. The van der Waals surface area contributed by atoms with Crippen molar-refractivity contribution in [1.82, 2.24) is 10.2 Å². The second kappa shape index (κ2) is 8.87. The van der Waals surface area contributed by atoms with Crippen LogP contribution >= 0.6 is 11.3 Å². The molecule has 8 rings (SSSR count). The van der Waals surface area contributed by atoms with E-state index in [2.05, 4.69) is 120 Å². The van der Waals surface area contributed by atoms with E-state index >= 15 is 0 Å². The highest BCUT2D eigenvalue weighted by Crippen LogP contribution is 2.47. The minimum absolute atomic E-state index is 0.934. The maximum absolute atomic E-state index is 4.72. The molecule has 39 heavy (non-hydrogen) atoms. The number of hydrogen-bond donors (Lipinski definition) is 0. The lowest BCUT2D eigenvalue weighted by Gasteiger charge is -2.18. The van der Waals surface area contributed by atoms with Crippen LogP contribution in [-0.4, -0.2) is 10.2 Å². The van der Waals surface area contributed by atoms with Gasteiger partial charge in [0.15, 0.2) is 0 Å². The maximum atomic E-state index is 4.72. The van der Waals surface area contributed by atoms with Gasteiger partial charge in [-0.05, 0) is 60.3 Å². The fourth-order valence-corrected chi connectivity index (χ4v) is 6.85. The van der Waals surface area contributed by atoms with E-state index in [1.807, 2.05) is 18.2 Å². The Hall–Kier alpha value is -4.86. The summed E-state index contributed by atoms with van der Waals surface area (Å²) in [5.41, 5.74) is 4.76. The predicted octanol–water partition coefficient (Wildman–Crippen LogP) is 10.2. The standard InChI is InChI=1S/C36H22N2S/c1-2-12-23(13-3-1)35-37-38-36(39-35)34-30-20-10-8-18-28(30)33(29-19-9-11-21-31(29)34)32-22-24-14-4-5-15-25(24)26-16-6-7-17-27(26)32/h1-22H. The van der Waals surface area contributed by atoms with Crippen molar-refractivity contribution >= 4 is 54.4 Å². The smallest absolute Gasteiger partial charge is 0.138 e. The van der Waals surface area contributed by atoms with Crippen molar-refractivity contribution in [2.24, 2.45) is 0 Å². The van der Waals surface area contributed by atoms with Crippen LogP contribution in [0.25, 0.3) is 75.4 Å². The third kappa shape index (κ3) is 3.48. The predicted molar refractivity (Wildman–Crippen MR) is 166 cm³/mol. The minimum atomic E-state index is 0.934. The van der Waals surface area contributed by atoms with Crippen LogP contribution in [0.15, 0.2) is 133 Å². The van der Waals surface area contributed by atoms with Crippen LogP contribution in [0, 0.1) is 0 Å². The molecule has 182 valence electrons. The normalized spacial score (nSPS) is 11.6. The summed E-state index contributed by atoms with van der Waals surface area (Å²) in [5, 5.41) is 21.1. The zero-order valence-electron chi connectivity index (χ0n) is 21.0. The molecule has 0 aliphatic heterocycles. The van der Waals surface area contributed by atoms with Gasteiger partial charge in [-0.3, -0.25) is 0 Å². The molecule has 2 nitrogen and oxygen atoms in total. The maximum Gasteiger partial charge on any atom is 0.149 e. The van der Waals surface area contributed by atoms with E-state index in [0.29, 0.717) is 0 Å². The Morgan fingerprint density at radius 3 is 1.54 bits per heavy atom. The van der Waals surface area contributed by atoms with Crippen LogP contribution in [0.1, 0.15) is 0 Å². The lowest BCUT2D eigenvalue weighted by Crippen LogP contribution is -1.92. The van der Waals surface area contributed by atoms with Crippen molar-refractivity contribution < 1.29 is 0 Å². The average Bonchev–Trinajstić information content (AvgIpc) is 3.50. The third-order valence-electron chi connectivity index (χ3n) is 7.63. The van der Waals surface area contributed by atoms with E-state index < -0.39 is 0 Å². The highest BCUT2D eigenvalue weighted by molar-refractivity contribution is 7.18. The highest BCUT2D eigenvalue weighted by Gasteiger charge is 2.21. The number of nitrogens with zero attached hydrogens (tertiary/aromatic N) is 2. The summed E-state index contributed by atoms with van der Waals surface area (Å²) < 4.78 is 0. The topological polar surface area (TPSA) is 25.8 Å². The molecule has 3 heteroatoms. The Morgan fingerprint density at radius 1 is 0.385 bits per heavy atom. The zero-order valence-corrected chi connectivity index (χ0v) is 21.8. The molecule has 0 spiro atoms. The molecule has 0 aliphatic carbocycles. The van der Waals surface area contributed by atoms with Crippen LogP contribution < -0.4 is 0 Å². The molecule has 0 aliphatic rings. The average molecular weight is 515 g/mol. The molecule has 0 atom stereocenters. The molecule has 0 unspecified atom stereocenters. The number of hydrogen-bond acceptors (Lipinski definition) is 3. The van der Waals surface area contributed by atoms with Gasteiger partial charge in [-0.1, -0.05) is 139 Å². The Labute approximate surface area is 229 Å². The van der Waals surface area contributed by atoms with E-state index in [-0.39, 0.29) is 0 Å². The monoisotopic (exact) mass is 514 g/mol. The van der Waals surface area contributed by atoms with Crippen molar-refractivity contribution in [2.45, 2.75) is 0 Å². The first-order chi connectivity index (χ1) is 19.4. The summed E-state index contributed by atoms with van der Waals surface area (Å²) >= 11 is 1.65. The van der Waals surface area contributed by atoms with Crippen LogP contribution in [0.3, 0.4) is 0 Å². The molecule has 7 aromatic carbocycles. The van der Waals surface area contributed by atoms with Crippen LogP contribution in [0.5, 0.6) is 0 Å². The number of benzene rings is 7. The Bertz CT molecular complexity index is 2120. The van der Waals surface area contributed by atoms with Gasteiger partial charge in [-0.15, -0.1) is 10.2 Å². The van der Waals surface area contributed by atoms with Crippen LogP contribution in [0.4, 0.5) is 0 Å². The fourth-order valence-electron chi connectivity index (χ4n) is 5.93. The Morgan fingerprint density at radius 2 is 0.872 bits per heavy atom. The van der Waals surface area contributed by atoms with E-state index in [4.69, 9.17) is 5.10 Å². The molecule has 0 fully saturated rings. The number of aromatic nitrogens is 2. The van der Waals surface area contributed by atoms with E-state index in [0.717, 1.165) is 21.1 Å². The lowest BCUT2D eigenvalue weighted by atomic mass is 9.85. The quantitative estimate of drug-likeness (QED) is 0.173. The van der Waals surface area contributed by atoms with Gasteiger partial charge in [0.2, 0.25) is 0 Å². The fraction of sp³-hybridized carbons (Fsp3) is 0. The van der Waals surface area contributed by atoms with Gasteiger partial charge in [0.1, 0.15) is 10.0 Å². The van der Waals surface area contributed by atoms with Gasteiger partial charge >= 0.3 is 0 Å². The van der Waals surface area contributed by atoms with Gasteiger partial charge < -0.3 is 0 Å². The van der Waals surface area contributed by atoms with Gasteiger partial charge in [-0.25, -0.2) is 0 Å². The number of fused-ring (bicyclic) bond motifs is 5. The first kappa shape index (κ1) is 22.2. The summed E-state index contributed by atoms with van der Waals surface area (Å²) in [4.78, 5) is 0. The van der Waals surface area contributed by atoms with Crippen LogP contribution in [0.2, 0.25) is 0 Å². The van der Waals surface area contributed by atoms with Gasteiger partial charge in [-0.2, -0.15) is 0 Å². The number of rotatable bonds is 3. The van der Waals surface area contributed by atoms with Crippen LogP contribution in [-0.2, 0) is 0 Å². The van der Waals surface area contributed by atoms with E-state index in [1.54, 1.807) is 11.3 Å². The van der Waals surface area contributed by atoms with Crippen molar-refractivity contribution in [3.05, 3.63) is 133 Å². The lowest BCUT2D eigenvalue weighted by molar-refractivity contribution is 1.10. The summed E-state index contributed by atoms with van der Waals surface area (Å²) in [7, 11) is 0. The van der Waals surface area contributed by atoms with Gasteiger partial charge in [0, 0.05) is 11.1 Å². The molecule has 0 bridgehead atoms. The molecule has 0 amide bonds. The molecule has 1 aromatic heterocycles. The first-order valence-corrected chi connectivity index (χ1v) is 13.9. The zero-order chi connectivity index (χ0) is 25.8. The largest absolute Gasteiger partial charge is 0.149 e. The molecule has 0 saturated carbocycles. The first-order valence-electron chi connectivity index (χ1n) is 13.1. The Kier molecular flexibility index (Phi) is 5.04. The summed E-state index contributed by atoms with van der Waals surface area (Å²) in [6.07, 6.45) is 0. The van der Waals surface area contributed by atoms with Gasteiger partial charge in [0.25, 0.3) is 0 Å². The minimum Gasteiger partial charge on any atom is -0.138 e. The van der Waals surface area contributed by atoms with E-state index in [9.17, 15) is 0 Å². The Balaban J connectivity index is 1.49.